The minimum absolute atomic E-state index is 0.205. The zero-order valence-electron chi connectivity index (χ0n) is 13.6. The molecule has 5 nitrogen and oxygen atoms in total. The number of aromatic nitrogens is 1. The molecule has 2 fully saturated rings. The lowest BCUT2D eigenvalue weighted by atomic mass is 10.0. The first-order valence-corrected chi connectivity index (χ1v) is 8.25. The van der Waals surface area contributed by atoms with Crippen LogP contribution < -0.4 is 0 Å². The van der Waals surface area contributed by atoms with E-state index < -0.39 is 0 Å². The van der Waals surface area contributed by atoms with Gasteiger partial charge in [0.15, 0.2) is 0 Å². The highest BCUT2D eigenvalue weighted by molar-refractivity contribution is 5.73. The van der Waals surface area contributed by atoms with Crippen LogP contribution in [0.3, 0.4) is 0 Å². The summed E-state index contributed by atoms with van der Waals surface area (Å²) in [6.07, 6.45) is 1.87. The molecule has 2 aliphatic rings. The van der Waals surface area contributed by atoms with Crippen LogP contribution in [0.2, 0.25) is 0 Å². The predicted octanol–water partition coefficient (Wildman–Crippen LogP) is 1.07. The average molecular weight is 302 g/mol. The zero-order valence-corrected chi connectivity index (χ0v) is 13.6. The summed E-state index contributed by atoms with van der Waals surface area (Å²) in [6, 6.07) is 6.73. The van der Waals surface area contributed by atoms with Gasteiger partial charge in [0, 0.05) is 65.0 Å². The van der Waals surface area contributed by atoms with Crippen LogP contribution in [0.25, 0.3) is 0 Å². The van der Waals surface area contributed by atoms with Crippen LogP contribution >= 0.6 is 0 Å². The molecule has 5 heteroatoms. The minimum atomic E-state index is 0.205. The molecule has 0 unspecified atom stereocenters. The quantitative estimate of drug-likeness (QED) is 0.837. The molecule has 1 aromatic rings. The second kappa shape index (κ2) is 6.75. The SMILES string of the molecule is CC(=O)N1CCN([C@H]2CN(Cc3ccccn3)C[C@H]2C)CC1. The second-order valence-electron chi connectivity index (χ2n) is 6.60. The highest BCUT2D eigenvalue weighted by Gasteiger charge is 2.35. The monoisotopic (exact) mass is 302 g/mol. The second-order valence-corrected chi connectivity index (χ2v) is 6.60. The first-order valence-electron chi connectivity index (χ1n) is 8.25. The summed E-state index contributed by atoms with van der Waals surface area (Å²) in [4.78, 5) is 22.9. The summed E-state index contributed by atoms with van der Waals surface area (Å²) in [5, 5.41) is 0. The van der Waals surface area contributed by atoms with Gasteiger partial charge in [-0.1, -0.05) is 13.0 Å². The lowest BCUT2D eigenvalue weighted by Gasteiger charge is -2.39. The van der Waals surface area contributed by atoms with Crippen molar-refractivity contribution in [3.05, 3.63) is 30.1 Å². The van der Waals surface area contributed by atoms with Gasteiger partial charge in [-0.25, -0.2) is 0 Å². The van der Waals surface area contributed by atoms with Gasteiger partial charge in [0.25, 0.3) is 0 Å². The Bertz CT molecular complexity index is 499. The van der Waals surface area contributed by atoms with Gasteiger partial charge in [0.2, 0.25) is 5.91 Å². The van der Waals surface area contributed by atoms with E-state index in [1.54, 1.807) is 6.92 Å². The van der Waals surface area contributed by atoms with E-state index >= 15 is 0 Å². The third kappa shape index (κ3) is 3.47. The molecule has 0 saturated carbocycles. The van der Waals surface area contributed by atoms with E-state index in [2.05, 4.69) is 33.8 Å². The van der Waals surface area contributed by atoms with E-state index in [-0.39, 0.29) is 5.91 Å². The van der Waals surface area contributed by atoms with Gasteiger partial charge >= 0.3 is 0 Å². The first kappa shape index (κ1) is 15.4. The maximum Gasteiger partial charge on any atom is 0.219 e. The molecule has 0 aliphatic carbocycles. The Labute approximate surface area is 132 Å². The molecule has 0 N–H and O–H groups in total. The number of amides is 1. The van der Waals surface area contributed by atoms with E-state index in [1.807, 2.05) is 17.2 Å². The van der Waals surface area contributed by atoms with Crippen LogP contribution in [0.15, 0.2) is 24.4 Å². The molecule has 0 spiro atoms. The van der Waals surface area contributed by atoms with Crippen molar-refractivity contribution in [1.29, 1.82) is 0 Å². The predicted molar refractivity (Wildman–Crippen MR) is 86.3 cm³/mol. The van der Waals surface area contributed by atoms with Crippen LogP contribution in [0.1, 0.15) is 19.5 Å². The molecule has 22 heavy (non-hydrogen) atoms. The third-order valence-corrected chi connectivity index (χ3v) is 4.99. The summed E-state index contributed by atoms with van der Waals surface area (Å²) in [5.41, 5.74) is 1.15. The van der Waals surface area contributed by atoms with E-state index in [0.29, 0.717) is 12.0 Å². The average Bonchev–Trinajstić information content (AvgIpc) is 2.89. The van der Waals surface area contributed by atoms with Crippen molar-refractivity contribution in [3.63, 3.8) is 0 Å². The third-order valence-electron chi connectivity index (χ3n) is 4.99. The molecule has 0 bridgehead atoms. The number of rotatable bonds is 3. The summed E-state index contributed by atoms with van der Waals surface area (Å²) in [5.74, 6) is 0.878. The van der Waals surface area contributed by atoms with E-state index in [4.69, 9.17) is 0 Å². The van der Waals surface area contributed by atoms with Crippen LogP contribution in [-0.4, -0.2) is 70.9 Å². The molecule has 120 valence electrons. The lowest BCUT2D eigenvalue weighted by molar-refractivity contribution is -0.130. The van der Waals surface area contributed by atoms with Crippen LogP contribution in [0, 0.1) is 5.92 Å². The highest BCUT2D eigenvalue weighted by Crippen LogP contribution is 2.24. The van der Waals surface area contributed by atoms with Crippen molar-refractivity contribution in [2.24, 2.45) is 5.92 Å². The van der Waals surface area contributed by atoms with Crippen molar-refractivity contribution in [3.8, 4) is 0 Å². The molecular weight excluding hydrogens is 276 g/mol. The van der Waals surface area contributed by atoms with Crippen molar-refractivity contribution < 1.29 is 4.79 Å². The molecule has 1 amide bonds. The molecule has 0 radical (unpaired) electrons. The molecule has 1 aromatic heterocycles. The summed E-state index contributed by atoms with van der Waals surface area (Å²) in [7, 11) is 0. The molecular formula is C17H26N4O. The number of piperazine rings is 1. The molecule has 2 saturated heterocycles. The van der Waals surface area contributed by atoms with Crippen molar-refractivity contribution in [2.45, 2.75) is 26.4 Å². The van der Waals surface area contributed by atoms with Gasteiger partial charge in [-0.3, -0.25) is 19.6 Å². The van der Waals surface area contributed by atoms with Gasteiger partial charge in [-0.15, -0.1) is 0 Å². The Balaban J connectivity index is 1.54. The normalized spacial score (nSPS) is 27.3. The first-order chi connectivity index (χ1) is 10.6. The van der Waals surface area contributed by atoms with E-state index in [0.717, 1.165) is 51.5 Å². The van der Waals surface area contributed by atoms with Gasteiger partial charge in [-0.05, 0) is 18.1 Å². The maximum absolute atomic E-state index is 11.4. The Hall–Kier alpha value is -1.46. The Kier molecular flexibility index (Phi) is 4.74. The number of carbonyl (C=O) groups excluding carboxylic acids is 1. The number of likely N-dealkylation sites (tertiary alicyclic amines) is 1. The number of hydrogen-bond donors (Lipinski definition) is 0. The molecule has 2 atom stereocenters. The molecule has 0 aromatic carbocycles. The number of nitrogens with zero attached hydrogens (tertiary/aromatic N) is 4. The smallest absolute Gasteiger partial charge is 0.219 e. The Morgan fingerprint density at radius 2 is 2.00 bits per heavy atom. The lowest BCUT2D eigenvalue weighted by Crippen LogP contribution is -2.53. The minimum Gasteiger partial charge on any atom is -0.340 e. The van der Waals surface area contributed by atoms with Gasteiger partial charge in [-0.2, -0.15) is 0 Å². The van der Waals surface area contributed by atoms with Crippen molar-refractivity contribution in [2.75, 3.05) is 39.3 Å². The largest absolute Gasteiger partial charge is 0.340 e. The van der Waals surface area contributed by atoms with Crippen LogP contribution in [0.4, 0.5) is 0 Å². The van der Waals surface area contributed by atoms with E-state index in [1.165, 1.54) is 0 Å². The summed E-state index contributed by atoms with van der Waals surface area (Å²) >= 11 is 0. The van der Waals surface area contributed by atoms with Crippen molar-refractivity contribution >= 4 is 5.91 Å². The zero-order chi connectivity index (χ0) is 15.5. The molecule has 2 aliphatic heterocycles. The van der Waals surface area contributed by atoms with Gasteiger partial charge < -0.3 is 4.90 Å². The van der Waals surface area contributed by atoms with Crippen molar-refractivity contribution in [1.82, 2.24) is 19.7 Å². The Morgan fingerprint density at radius 1 is 1.23 bits per heavy atom. The van der Waals surface area contributed by atoms with E-state index in [9.17, 15) is 4.79 Å². The number of hydrogen-bond acceptors (Lipinski definition) is 4. The highest BCUT2D eigenvalue weighted by atomic mass is 16.2. The summed E-state index contributed by atoms with van der Waals surface area (Å²) in [6.45, 7) is 11.0. The fourth-order valence-corrected chi connectivity index (χ4v) is 3.74. The van der Waals surface area contributed by atoms with Gasteiger partial charge in [0.1, 0.15) is 0 Å². The number of carbonyl (C=O) groups is 1. The van der Waals surface area contributed by atoms with Gasteiger partial charge in [0.05, 0.1) is 5.69 Å². The topological polar surface area (TPSA) is 39.7 Å². The number of pyridine rings is 1. The maximum atomic E-state index is 11.4. The molecule has 3 heterocycles. The fourth-order valence-electron chi connectivity index (χ4n) is 3.74. The standard InChI is InChI=1S/C17H26N4O/c1-14-11-19(12-16-5-3-4-6-18-16)13-17(14)21-9-7-20(8-10-21)15(2)22/h3-6,14,17H,7-13H2,1-2H3/t14-,17+/m1/s1. The fraction of sp³-hybridized carbons (Fsp3) is 0.647. The Morgan fingerprint density at radius 3 is 2.64 bits per heavy atom. The molecule has 3 rings (SSSR count). The van der Waals surface area contributed by atoms with Crippen LogP contribution in [-0.2, 0) is 11.3 Å². The summed E-state index contributed by atoms with van der Waals surface area (Å²) < 4.78 is 0. The van der Waals surface area contributed by atoms with Crippen LogP contribution in [0.5, 0.6) is 0 Å².